The highest BCUT2D eigenvalue weighted by Crippen LogP contribution is 2.32. The number of amides is 4. The second-order valence-electron chi connectivity index (χ2n) is 6.50. The van der Waals surface area contributed by atoms with Crippen LogP contribution in [0.15, 0.2) is 60.0 Å². The zero-order valence-electron chi connectivity index (χ0n) is 14.6. The summed E-state index contributed by atoms with van der Waals surface area (Å²) in [5.74, 6) is -0.853. The van der Waals surface area contributed by atoms with Crippen molar-refractivity contribution in [3.8, 4) is 0 Å². The van der Waals surface area contributed by atoms with Gasteiger partial charge >= 0.3 is 6.03 Å². The van der Waals surface area contributed by atoms with E-state index >= 15 is 0 Å². The third-order valence-corrected chi connectivity index (χ3v) is 5.75. The van der Waals surface area contributed by atoms with Gasteiger partial charge in [-0.05, 0) is 29.8 Å². The first-order valence-electron chi connectivity index (χ1n) is 8.45. The van der Waals surface area contributed by atoms with Gasteiger partial charge in [0.25, 0.3) is 5.91 Å². The molecule has 2 heterocycles. The molecule has 3 aromatic rings. The maximum absolute atomic E-state index is 12.8. The van der Waals surface area contributed by atoms with Crippen LogP contribution in [0.1, 0.15) is 11.8 Å². The Morgan fingerprint density at radius 3 is 2.67 bits per heavy atom. The lowest BCUT2D eigenvalue weighted by Crippen LogP contribution is -2.41. The van der Waals surface area contributed by atoms with E-state index in [4.69, 9.17) is 0 Å². The number of rotatable bonds is 4. The number of nitrogens with zero attached hydrogens (tertiary/aromatic N) is 1. The Morgan fingerprint density at radius 1 is 1.11 bits per heavy atom. The summed E-state index contributed by atoms with van der Waals surface area (Å²) >= 11 is 1.39. The number of hydrogen-bond acceptors (Lipinski definition) is 4. The number of carbonyl (C=O) groups is 3. The minimum atomic E-state index is -1.13. The number of thiophene rings is 1. The molecule has 4 rings (SSSR count). The van der Waals surface area contributed by atoms with Crippen molar-refractivity contribution < 1.29 is 14.4 Å². The quantitative estimate of drug-likeness (QED) is 0.683. The molecule has 1 aliphatic rings. The average Bonchev–Trinajstić information content (AvgIpc) is 3.27. The predicted molar refractivity (Wildman–Crippen MR) is 104 cm³/mol. The molecule has 4 amide bonds. The van der Waals surface area contributed by atoms with Gasteiger partial charge in [0.1, 0.15) is 6.54 Å². The van der Waals surface area contributed by atoms with Gasteiger partial charge in [0.2, 0.25) is 5.91 Å². The molecule has 6 nitrogen and oxygen atoms in total. The monoisotopic (exact) mass is 379 g/mol. The maximum atomic E-state index is 12.8. The Balaban J connectivity index is 1.53. The number of hydrogen-bond donors (Lipinski definition) is 2. The van der Waals surface area contributed by atoms with Crippen molar-refractivity contribution in [1.29, 1.82) is 0 Å². The molecule has 2 N–H and O–H groups in total. The Bertz CT molecular complexity index is 1040. The van der Waals surface area contributed by atoms with E-state index in [-0.39, 0.29) is 6.54 Å². The predicted octanol–water partition coefficient (Wildman–Crippen LogP) is 3.31. The number of anilines is 1. The number of fused-ring (bicyclic) bond motifs is 1. The van der Waals surface area contributed by atoms with Crippen LogP contribution in [0.3, 0.4) is 0 Å². The Labute approximate surface area is 159 Å². The van der Waals surface area contributed by atoms with Gasteiger partial charge in [-0.15, -0.1) is 11.3 Å². The van der Waals surface area contributed by atoms with Gasteiger partial charge in [-0.1, -0.05) is 42.5 Å². The third kappa shape index (κ3) is 2.96. The summed E-state index contributed by atoms with van der Waals surface area (Å²) in [4.78, 5) is 39.3. The molecular weight excluding hydrogens is 362 g/mol. The summed E-state index contributed by atoms with van der Waals surface area (Å²) < 4.78 is 0. The van der Waals surface area contributed by atoms with Crippen LogP contribution in [-0.2, 0) is 15.1 Å². The molecule has 27 heavy (non-hydrogen) atoms. The maximum Gasteiger partial charge on any atom is 0.325 e. The standard InChI is InChI=1S/C20H17N3O3S/c1-20(16-10-5-11-27-16)18(25)23(19(26)22-20)12-17(24)21-15-9-4-7-13-6-2-3-8-14(13)15/h2-11H,12H2,1H3,(H,21,24)(H,22,26). The Morgan fingerprint density at radius 2 is 1.89 bits per heavy atom. The summed E-state index contributed by atoms with van der Waals surface area (Å²) in [6, 6.07) is 16.3. The average molecular weight is 379 g/mol. The van der Waals surface area contributed by atoms with Crippen molar-refractivity contribution in [2.45, 2.75) is 12.5 Å². The van der Waals surface area contributed by atoms with Crippen molar-refractivity contribution in [2.75, 3.05) is 11.9 Å². The summed E-state index contributed by atoms with van der Waals surface area (Å²) in [6.07, 6.45) is 0. The molecule has 1 aliphatic heterocycles. The van der Waals surface area contributed by atoms with Gasteiger partial charge in [0.05, 0.1) is 0 Å². The lowest BCUT2D eigenvalue weighted by molar-refractivity contribution is -0.133. The molecule has 1 unspecified atom stereocenters. The van der Waals surface area contributed by atoms with Crippen LogP contribution in [-0.4, -0.2) is 29.3 Å². The van der Waals surface area contributed by atoms with E-state index in [0.717, 1.165) is 20.5 Å². The molecule has 0 spiro atoms. The van der Waals surface area contributed by atoms with E-state index in [1.54, 1.807) is 19.1 Å². The van der Waals surface area contributed by atoms with Gasteiger partial charge in [-0.2, -0.15) is 0 Å². The fourth-order valence-electron chi connectivity index (χ4n) is 3.24. The third-order valence-electron chi connectivity index (χ3n) is 4.65. The van der Waals surface area contributed by atoms with E-state index < -0.39 is 23.4 Å². The van der Waals surface area contributed by atoms with Crippen LogP contribution in [0.4, 0.5) is 10.5 Å². The van der Waals surface area contributed by atoms with Crippen LogP contribution in [0.2, 0.25) is 0 Å². The van der Waals surface area contributed by atoms with Gasteiger partial charge in [-0.3, -0.25) is 14.5 Å². The molecule has 0 radical (unpaired) electrons. The molecule has 1 saturated heterocycles. The van der Waals surface area contributed by atoms with E-state index in [1.165, 1.54) is 11.3 Å². The molecule has 136 valence electrons. The van der Waals surface area contributed by atoms with E-state index in [2.05, 4.69) is 10.6 Å². The molecular formula is C20H17N3O3S. The smallest absolute Gasteiger partial charge is 0.324 e. The SMILES string of the molecule is CC1(c2cccs2)NC(=O)N(CC(=O)Nc2cccc3ccccc23)C1=O. The van der Waals surface area contributed by atoms with Crippen LogP contribution in [0, 0.1) is 0 Å². The molecule has 7 heteroatoms. The summed E-state index contributed by atoms with van der Waals surface area (Å²) in [5.41, 5.74) is -0.489. The van der Waals surface area contributed by atoms with Gasteiger partial charge in [-0.25, -0.2) is 4.79 Å². The second kappa shape index (κ2) is 6.51. The van der Waals surface area contributed by atoms with Gasteiger partial charge in [0, 0.05) is 16.0 Å². The number of benzene rings is 2. The molecule has 0 bridgehead atoms. The number of carbonyl (C=O) groups excluding carboxylic acids is 3. The van der Waals surface area contributed by atoms with E-state index in [1.807, 2.05) is 47.8 Å². The highest BCUT2D eigenvalue weighted by molar-refractivity contribution is 7.10. The minimum Gasteiger partial charge on any atom is -0.324 e. The number of nitrogens with one attached hydrogen (secondary N) is 2. The normalized spacial score (nSPS) is 19.4. The highest BCUT2D eigenvalue weighted by atomic mass is 32.1. The molecule has 1 aromatic heterocycles. The van der Waals surface area contributed by atoms with Gasteiger partial charge < -0.3 is 10.6 Å². The first-order chi connectivity index (χ1) is 13.0. The summed E-state index contributed by atoms with van der Waals surface area (Å²) in [6.45, 7) is 1.32. The fraction of sp³-hybridized carbons (Fsp3) is 0.150. The lowest BCUT2D eigenvalue weighted by atomic mass is 10.0. The summed E-state index contributed by atoms with van der Waals surface area (Å²) in [5, 5.41) is 9.24. The van der Waals surface area contributed by atoms with Crippen molar-refractivity contribution >= 4 is 45.6 Å². The lowest BCUT2D eigenvalue weighted by Gasteiger charge is -2.20. The van der Waals surface area contributed by atoms with E-state index in [9.17, 15) is 14.4 Å². The zero-order chi connectivity index (χ0) is 19.0. The molecule has 1 atom stereocenters. The highest BCUT2D eigenvalue weighted by Gasteiger charge is 2.50. The van der Waals surface area contributed by atoms with Gasteiger partial charge in [0.15, 0.2) is 5.54 Å². The van der Waals surface area contributed by atoms with Crippen LogP contribution < -0.4 is 10.6 Å². The van der Waals surface area contributed by atoms with Crippen LogP contribution >= 0.6 is 11.3 Å². The van der Waals surface area contributed by atoms with Crippen molar-refractivity contribution in [1.82, 2.24) is 10.2 Å². The first-order valence-corrected chi connectivity index (χ1v) is 9.33. The van der Waals surface area contributed by atoms with E-state index in [0.29, 0.717) is 5.69 Å². The minimum absolute atomic E-state index is 0.338. The summed E-state index contributed by atoms with van der Waals surface area (Å²) in [7, 11) is 0. The molecule has 1 fully saturated rings. The largest absolute Gasteiger partial charge is 0.325 e. The first kappa shape index (κ1) is 17.2. The van der Waals surface area contributed by atoms with Crippen molar-refractivity contribution in [3.05, 3.63) is 64.9 Å². The zero-order valence-corrected chi connectivity index (χ0v) is 15.4. The topological polar surface area (TPSA) is 78.5 Å². The van der Waals surface area contributed by atoms with Crippen LogP contribution in [0.5, 0.6) is 0 Å². The second-order valence-corrected chi connectivity index (χ2v) is 7.45. The van der Waals surface area contributed by atoms with Crippen molar-refractivity contribution in [3.63, 3.8) is 0 Å². The number of imide groups is 1. The molecule has 0 aliphatic carbocycles. The van der Waals surface area contributed by atoms with Crippen molar-refractivity contribution in [2.24, 2.45) is 0 Å². The number of urea groups is 1. The van der Waals surface area contributed by atoms with Crippen LogP contribution in [0.25, 0.3) is 10.8 Å². The molecule has 2 aromatic carbocycles. The Kier molecular flexibility index (Phi) is 4.16. The fourth-order valence-corrected chi connectivity index (χ4v) is 4.07. The Hall–Kier alpha value is -3.19. The molecule has 0 saturated carbocycles.